The van der Waals surface area contributed by atoms with Gasteiger partial charge in [-0.1, -0.05) is 115 Å². The Bertz CT molecular complexity index is 3290. The highest BCUT2D eigenvalue weighted by Gasteiger charge is 2.30. The van der Waals surface area contributed by atoms with Crippen molar-refractivity contribution >= 4 is 91.9 Å². The van der Waals surface area contributed by atoms with Crippen LogP contribution in [0.3, 0.4) is 0 Å². The van der Waals surface area contributed by atoms with Gasteiger partial charge in [-0.25, -0.2) is 0 Å². The van der Waals surface area contributed by atoms with Crippen molar-refractivity contribution in [1.29, 1.82) is 0 Å². The Morgan fingerprint density at radius 1 is 0.396 bits per heavy atom. The van der Waals surface area contributed by atoms with Gasteiger partial charge in [0, 0.05) is 47.9 Å². The monoisotopic (exact) mass is 690 g/mol. The van der Waals surface area contributed by atoms with Gasteiger partial charge in [0.15, 0.2) is 0 Å². The minimum Gasteiger partial charge on any atom is -0.309 e. The van der Waals surface area contributed by atoms with Gasteiger partial charge in [0.2, 0.25) is 0 Å². The molecule has 1 aliphatic rings. The quantitative estimate of drug-likeness (QED) is 0.167. The second kappa shape index (κ2) is 10.9. The molecule has 0 bridgehead atoms. The molecular weight excluding hydrogens is 661 g/mol. The molecule has 0 atom stereocenters. The van der Waals surface area contributed by atoms with Crippen molar-refractivity contribution in [3.63, 3.8) is 0 Å². The maximum absolute atomic E-state index is 2.54. The van der Waals surface area contributed by atoms with E-state index in [4.69, 9.17) is 0 Å². The van der Waals surface area contributed by atoms with E-state index in [9.17, 15) is 0 Å². The molecule has 2 aromatic heterocycles. The molecule has 0 N–H and O–H groups in total. The van der Waals surface area contributed by atoms with Gasteiger partial charge in [-0.05, 0) is 105 Å². The Labute approximate surface area is 310 Å². The van der Waals surface area contributed by atoms with Gasteiger partial charge in [-0.3, -0.25) is 0 Å². The summed E-state index contributed by atoms with van der Waals surface area (Å²) in [7, 11) is 0. The van der Waals surface area contributed by atoms with E-state index in [0.29, 0.717) is 0 Å². The zero-order valence-corrected chi connectivity index (χ0v) is 29.4. The summed E-state index contributed by atoms with van der Waals surface area (Å²) in [6.45, 7) is 0. The number of fused-ring (bicyclic) bond motifs is 11. The number of anilines is 3. The van der Waals surface area contributed by atoms with Crippen LogP contribution in [0.4, 0.5) is 17.1 Å². The van der Waals surface area contributed by atoms with Crippen LogP contribution in [0.2, 0.25) is 0 Å². The fraction of sp³-hybridized carbons (Fsp3) is 0. The molecule has 2 nitrogen and oxygen atoms in total. The predicted molar refractivity (Wildman–Crippen MR) is 228 cm³/mol. The second-order valence-corrected chi connectivity index (χ2v) is 15.1. The molecule has 0 unspecified atom stereocenters. The van der Waals surface area contributed by atoms with Crippen LogP contribution in [0, 0.1) is 0 Å². The maximum atomic E-state index is 2.54. The van der Waals surface area contributed by atoms with Crippen LogP contribution in [-0.2, 0) is 0 Å². The highest BCUT2D eigenvalue weighted by molar-refractivity contribution is 7.26. The van der Waals surface area contributed by atoms with Crippen molar-refractivity contribution < 1.29 is 0 Å². The molecule has 0 saturated heterocycles. The summed E-state index contributed by atoms with van der Waals surface area (Å²) < 4.78 is 4.99. The fourth-order valence-corrected chi connectivity index (χ4v) is 10.3. The third kappa shape index (κ3) is 4.03. The lowest BCUT2D eigenvalue weighted by molar-refractivity contribution is 1.18. The van der Waals surface area contributed by atoms with Crippen molar-refractivity contribution in [1.82, 2.24) is 4.57 Å². The molecule has 11 aromatic rings. The SMILES string of the molecule is c1ccc(-n2c3ccccc3c3cc(N(c4cccc5c4-c4cccc6cc7ccccc7c-5c46)c4cccc5sc6ccccc6c45)ccc32)cc1. The van der Waals surface area contributed by atoms with Crippen LogP contribution < -0.4 is 4.90 Å². The largest absolute Gasteiger partial charge is 0.309 e. The summed E-state index contributed by atoms with van der Waals surface area (Å²) in [6, 6.07) is 67.2. The first-order chi connectivity index (χ1) is 26.3. The molecule has 0 radical (unpaired) electrons. The molecule has 0 saturated carbocycles. The van der Waals surface area contributed by atoms with Gasteiger partial charge in [-0.2, -0.15) is 0 Å². The molecule has 1 aliphatic carbocycles. The summed E-state index contributed by atoms with van der Waals surface area (Å²) in [5.41, 5.74) is 12.3. The second-order valence-electron chi connectivity index (χ2n) is 14.0. The summed E-state index contributed by atoms with van der Waals surface area (Å²) in [4.78, 5) is 2.54. The lowest BCUT2D eigenvalue weighted by Gasteiger charge is -2.29. The van der Waals surface area contributed by atoms with Gasteiger partial charge < -0.3 is 9.47 Å². The zero-order valence-electron chi connectivity index (χ0n) is 28.6. The number of hydrogen-bond acceptors (Lipinski definition) is 2. The molecule has 53 heavy (non-hydrogen) atoms. The first-order valence-corrected chi connectivity index (χ1v) is 19.0. The molecular formula is C50H30N2S. The molecule has 2 heterocycles. The smallest absolute Gasteiger partial charge is 0.0555 e. The van der Waals surface area contributed by atoms with E-state index in [1.54, 1.807) is 0 Å². The van der Waals surface area contributed by atoms with Crippen LogP contribution in [0.25, 0.3) is 91.5 Å². The van der Waals surface area contributed by atoms with E-state index < -0.39 is 0 Å². The number of aromatic nitrogens is 1. The lowest BCUT2D eigenvalue weighted by atomic mass is 9.96. The summed E-state index contributed by atoms with van der Waals surface area (Å²) in [5.74, 6) is 0. The van der Waals surface area contributed by atoms with E-state index in [-0.39, 0.29) is 0 Å². The first kappa shape index (κ1) is 29.0. The van der Waals surface area contributed by atoms with Gasteiger partial charge in [0.1, 0.15) is 0 Å². The Kier molecular flexibility index (Phi) is 5.96. The minimum atomic E-state index is 1.14. The molecule has 12 rings (SSSR count). The van der Waals surface area contributed by atoms with E-state index in [0.717, 1.165) is 11.4 Å². The van der Waals surface area contributed by atoms with E-state index in [1.807, 2.05) is 11.3 Å². The van der Waals surface area contributed by atoms with Crippen molar-refractivity contribution in [2.45, 2.75) is 0 Å². The Hall–Kier alpha value is -6.68. The van der Waals surface area contributed by atoms with Crippen LogP contribution >= 0.6 is 11.3 Å². The zero-order chi connectivity index (χ0) is 34.6. The van der Waals surface area contributed by atoms with Gasteiger partial charge in [0.25, 0.3) is 0 Å². The Morgan fingerprint density at radius 2 is 1.08 bits per heavy atom. The van der Waals surface area contributed by atoms with Gasteiger partial charge in [0.05, 0.1) is 22.4 Å². The van der Waals surface area contributed by atoms with Crippen LogP contribution in [0.15, 0.2) is 182 Å². The van der Waals surface area contributed by atoms with Crippen LogP contribution in [0.5, 0.6) is 0 Å². The van der Waals surface area contributed by atoms with Crippen molar-refractivity contribution in [2.24, 2.45) is 0 Å². The number of nitrogens with zero attached hydrogens (tertiary/aromatic N) is 2. The maximum Gasteiger partial charge on any atom is 0.0555 e. The molecule has 0 spiro atoms. The third-order valence-electron chi connectivity index (χ3n) is 11.3. The van der Waals surface area contributed by atoms with Crippen molar-refractivity contribution in [3.8, 4) is 27.9 Å². The molecule has 0 amide bonds. The highest BCUT2D eigenvalue weighted by atomic mass is 32.1. The Balaban J connectivity index is 1.20. The summed E-state index contributed by atoms with van der Waals surface area (Å²) >= 11 is 1.87. The number of thiophene rings is 1. The third-order valence-corrected chi connectivity index (χ3v) is 12.4. The molecule has 0 fully saturated rings. The van der Waals surface area contributed by atoms with E-state index in [2.05, 4.69) is 191 Å². The average Bonchev–Trinajstić information content (AvgIpc) is 3.88. The summed E-state index contributed by atoms with van der Waals surface area (Å²) in [6.07, 6.45) is 0. The highest BCUT2D eigenvalue weighted by Crippen LogP contribution is 2.56. The number of hydrogen-bond donors (Lipinski definition) is 0. The molecule has 246 valence electrons. The average molecular weight is 691 g/mol. The number of para-hydroxylation sites is 2. The molecule has 3 heteroatoms. The van der Waals surface area contributed by atoms with Crippen molar-refractivity contribution in [2.75, 3.05) is 4.90 Å². The van der Waals surface area contributed by atoms with E-state index >= 15 is 0 Å². The molecule has 0 aliphatic heterocycles. The normalized spacial score (nSPS) is 12.2. The van der Waals surface area contributed by atoms with Crippen LogP contribution in [-0.4, -0.2) is 4.57 Å². The first-order valence-electron chi connectivity index (χ1n) is 18.2. The van der Waals surface area contributed by atoms with Gasteiger partial charge >= 0.3 is 0 Å². The summed E-state index contributed by atoms with van der Waals surface area (Å²) in [5, 5.41) is 10.3. The van der Waals surface area contributed by atoms with Crippen molar-refractivity contribution in [3.05, 3.63) is 182 Å². The fourth-order valence-electron chi connectivity index (χ4n) is 9.13. The molecule has 9 aromatic carbocycles. The predicted octanol–water partition coefficient (Wildman–Crippen LogP) is 14.6. The van der Waals surface area contributed by atoms with E-state index in [1.165, 1.54) is 97.2 Å². The van der Waals surface area contributed by atoms with Gasteiger partial charge in [-0.15, -0.1) is 11.3 Å². The number of rotatable bonds is 4. The minimum absolute atomic E-state index is 1.14. The van der Waals surface area contributed by atoms with Crippen LogP contribution in [0.1, 0.15) is 0 Å². The number of benzene rings is 9. The standard InChI is InChI=1S/C50H30N2S/c1-2-15-33(16-3-1)51-41-22-8-6-18-36(41)40-30-34(27-28-42(40)51)52(44-24-12-26-46-50(44)37-19-7-9-25-45(37)53-46)43-23-11-21-39-48(43)38-20-10-14-32-29-31-13-4-5-17-35(31)49(39)47(32)38/h1-30H. The Morgan fingerprint density at radius 3 is 2.00 bits per heavy atom. The topological polar surface area (TPSA) is 8.17 Å². The lowest BCUT2D eigenvalue weighted by Crippen LogP contribution is -2.11.